The molecule has 0 saturated carbocycles. The lowest BCUT2D eigenvalue weighted by Gasteiger charge is -2.31. The zero-order chi connectivity index (χ0) is 24.4. The third-order valence-corrected chi connectivity index (χ3v) is 7.57. The third-order valence-electron chi connectivity index (χ3n) is 6.53. The smallest absolute Gasteiger partial charge is 0.281 e. The number of hydrogen-bond donors (Lipinski definition) is 2. The van der Waals surface area contributed by atoms with E-state index in [1.165, 1.54) is 6.20 Å². The predicted octanol–water partition coefficient (Wildman–Crippen LogP) is 5.08. The first-order valence-electron chi connectivity index (χ1n) is 10.5. The molecule has 10 heteroatoms. The number of thiazole rings is 1. The molecule has 1 aromatic heterocycles. The van der Waals surface area contributed by atoms with Crippen molar-refractivity contribution in [2.75, 3.05) is 0 Å². The third kappa shape index (κ3) is 3.38. The van der Waals surface area contributed by atoms with Crippen molar-refractivity contribution in [2.45, 2.75) is 43.4 Å². The van der Waals surface area contributed by atoms with Gasteiger partial charge in [0.25, 0.3) is 11.8 Å². The van der Waals surface area contributed by atoms with Crippen LogP contribution in [0.25, 0.3) is 10.4 Å². The van der Waals surface area contributed by atoms with Gasteiger partial charge in [-0.15, -0.1) is 11.3 Å². The standard InChI is InChI=1S/C24H17F4N3O2S/c25-11-5-10(8-29)19-13(3-4-17(26)15(19)6-11)12-1-2-14(18-9-31-23(34-18)22(30)33)20-16(12)7-24(27,28)21(20)32/h1-2,5-6,9,13,17,21,32H,3-4,7H2,(H2,30,33)/t13-,17+,21+/m1/s1. The van der Waals surface area contributed by atoms with Crippen LogP contribution in [0.3, 0.4) is 0 Å². The van der Waals surface area contributed by atoms with Crippen molar-refractivity contribution >= 4 is 17.2 Å². The average Bonchev–Trinajstić information content (AvgIpc) is 3.37. The van der Waals surface area contributed by atoms with E-state index in [0.29, 0.717) is 16.0 Å². The predicted molar refractivity (Wildman–Crippen MR) is 116 cm³/mol. The van der Waals surface area contributed by atoms with E-state index in [0.717, 1.165) is 23.5 Å². The highest BCUT2D eigenvalue weighted by atomic mass is 32.1. The Balaban J connectivity index is 1.72. The number of aliphatic hydroxyl groups is 1. The van der Waals surface area contributed by atoms with Gasteiger partial charge in [-0.2, -0.15) is 5.26 Å². The van der Waals surface area contributed by atoms with Crippen molar-refractivity contribution < 1.29 is 27.5 Å². The molecule has 2 aromatic carbocycles. The van der Waals surface area contributed by atoms with E-state index in [1.807, 2.05) is 6.07 Å². The first-order valence-corrected chi connectivity index (χ1v) is 11.3. The van der Waals surface area contributed by atoms with Gasteiger partial charge in [-0.3, -0.25) is 4.79 Å². The number of carbonyl (C=O) groups is 1. The van der Waals surface area contributed by atoms with E-state index in [1.54, 1.807) is 12.1 Å². The molecule has 1 heterocycles. The SMILES string of the molecule is N#Cc1cc(F)cc2c1[C@@H](c1ccc(-c3cnc(C(N)=O)s3)c3c1CC(F)(F)[C@H]3O)CC[C@@H]2F. The molecule has 5 rings (SSSR count). The molecule has 3 atom stereocenters. The fourth-order valence-electron chi connectivity index (χ4n) is 5.09. The van der Waals surface area contributed by atoms with Crippen LogP contribution in [0, 0.1) is 17.1 Å². The molecule has 5 nitrogen and oxygen atoms in total. The quantitative estimate of drug-likeness (QED) is 0.503. The van der Waals surface area contributed by atoms with Crippen LogP contribution in [0.1, 0.15) is 74.2 Å². The highest BCUT2D eigenvalue weighted by Gasteiger charge is 2.50. The van der Waals surface area contributed by atoms with Crippen LogP contribution in [-0.2, 0) is 6.42 Å². The van der Waals surface area contributed by atoms with Gasteiger partial charge in [-0.05, 0) is 58.4 Å². The van der Waals surface area contributed by atoms with Gasteiger partial charge in [0.1, 0.15) is 18.1 Å². The van der Waals surface area contributed by atoms with Crippen LogP contribution in [0.2, 0.25) is 0 Å². The Kier molecular flexibility index (Phi) is 5.22. The van der Waals surface area contributed by atoms with Gasteiger partial charge in [0, 0.05) is 18.5 Å². The number of rotatable bonds is 3. The highest BCUT2D eigenvalue weighted by molar-refractivity contribution is 7.17. The van der Waals surface area contributed by atoms with Crippen molar-refractivity contribution in [3.05, 3.63) is 74.7 Å². The molecule has 3 N–H and O–H groups in total. The summed E-state index contributed by atoms with van der Waals surface area (Å²) in [4.78, 5) is 15.8. The van der Waals surface area contributed by atoms with Crippen molar-refractivity contribution in [1.29, 1.82) is 5.26 Å². The van der Waals surface area contributed by atoms with Gasteiger partial charge in [-0.1, -0.05) is 12.1 Å². The number of primary amides is 1. The number of hydrogen-bond acceptors (Lipinski definition) is 5. The lowest BCUT2D eigenvalue weighted by molar-refractivity contribution is -0.0966. The zero-order valence-electron chi connectivity index (χ0n) is 17.5. The number of alkyl halides is 3. The summed E-state index contributed by atoms with van der Waals surface area (Å²) in [5.41, 5.74) is 6.49. The van der Waals surface area contributed by atoms with Crippen LogP contribution >= 0.6 is 11.3 Å². The van der Waals surface area contributed by atoms with E-state index in [4.69, 9.17) is 5.73 Å². The summed E-state index contributed by atoms with van der Waals surface area (Å²) < 4.78 is 58.3. The monoisotopic (exact) mass is 487 g/mol. The van der Waals surface area contributed by atoms with Crippen LogP contribution in [0.4, 0.5) is 17.6 Å². The Bertz CT molecular complexity index is 1380. The summed E-state index contributed by atoms with van der Waals surface area (Å²) in [5, 5.41) is 20.1. The van der Waals surface area contributed by atoms with Crippen LogP contribution in [-0.4, -0.2) is 21.9 Å². The summed E-state index contributed by atoms with van der Waals surface area (Å²) >= 11 is 0.924. The van der Waals surface area contributed by atoms with E-state index in [2.05, 4.69) is 4.98 Å². The topological polar surface area (TPSA) is 100 Å². The minimum Gasteiger partial charge on any atom is -0.382 e. The molecule has 2 aliphatic rings. The molecule has 0 saturated heterocycles. The number of carbonyl (C=O) groups excluding carboxylic acids is 1. The molecule has 0 fully saturated rings. The van der Waals surface area contributed by atoms with Crippen molar-refractivity contribution in [3.8, 4) is 16.5 Å². The number of nitriles is 1. The second kappa shape index (κ2) is 7.89. The van der Waals surface area contributed by atoms with Gasteiger partial charge in [0.05, 0.1) is 16.5 Å². The fraction of sp³-hybridized carbons (Fsp3) is 0.292. The maximum absolute atomic E-state index is 14.8. The number of nitrogens with two attached hydrogens (primary N) is 1. The molecule has 34 heavy (non-hydrogen) atoms. The summed E-state index contributed by atoms with van der Waals surface area (Å²) in [6.45, 7) is 0. The van der Waals surface area contributed by atoms with Crippen LogP contribution < -0.4 is 5.73 Å². The molecule has 0 radical (unpaired) electrons. The minimum absolute atomic E-state index is 0.00274. The molecule has 2 aliphatic carbocycles. The number of nitrogens with zero attached hydrogens (tertiary/aromatic N) is 2. The normalized spacial score (nSPS) is 22.6. The average molecular weight is 487 g/mol. The molecule has 3 aromatic rings. The summed E-state index contributed by atoms with van der Waals surface area (Å²) in [6.07, 6.45) is -2.71. The summed E-state index contributed by atoms with van der Waals surface area (Å²) in [5.74, 6) is -5.57. The van der Waals surface area contributed by atoms with E-state index >= 15 is 0 Å². The second-order valence-electron chi connectivity index (χ2n) is 8.49. The highest BCUT2D eigenvalue weighted by Crippen LogP contribution is 2.53. The lowest BCUT2D eigenvalue weighted by atomic mass is 9.74. The molecule has 0 spiro atoms. The van der Waals surface area contributed by atoms with Gasteiger partial charge >= 0.3 is 0 Å². The van der Waals surface area contributed by atoms with Crippen molar-refractivity contribution in [1.82, 2.24) is 4.98 Å². The maximum Gasteiger partial charge on any atom is 0.281 e. The zero-order valence-corrected chi connectivity index (χ0v) is 18.3. The molecular formula is C24H17F4N3O2S. The van der Waals surface area contributed by atoms with Gasteiger partial charge in [-0.25, -0.2) is 22.5 Å². The minimum atomic E-state index is -3.45. The fourth-order valence-corrected chi connectivity index (χ4v) is 5.90. The van der Waals surface area contributed by atoms with E-state index in [9.17, 15) is 32.7 Å². The maximum atomic E-state index is 14.8. The van der Waals surface area contributed by atoms with Gasteiger partial charge in [0.2, 0.25) is 0 Å². The van der Waals surface area contributed by atoms with Crippen molar-refractivity contribution in [2.24, 2.45) is 5.73 Å². The van der Waals surface area contributed by atoms with Gasteiger partial charge in [0.15, 0.2) is 5.01 Å². The Hall–Kier alpha value is -3.29. The first-order chi connectivity index (χ1) is 16.1. The molecule has 0 bridgehead atoms. The van der Waals surface area contributed by atoms with Gasteiger partial charge < -0.3 is 10.8 Å². The van der Waals surface area contributed by atoms with Crippen LogP contribution in [0.5, 0.6) is 0 Å². The first kappa shape index (κ1) is 22.5. The number of fused-ring (bicyclic) bond motifs is 2. The van der Waals surface area contributed by atoms with Crippen molar-refractivity contribution in [3.63, 3.8) is 0 Å². The Morgan fingerprint density at radius 3 is 2.68 bits per heavy atom. The second-order valence-corrected chi connectivity index (χ2v) is 9.53. The van der Waals surface area contributed by atoms with E-state index < -0.39 is 42.3 Å². The number of benzene rings is 2. The number of halogens is 4. The molecular weight excluding hydrogens is 470 g/mol. The molecule has 174 valence electrons. The number of aromatic nitrogens is 1. The Labute approximate surface area is 195 Å². The lowest BCUT2D eigenvalue weighted by Crippen LogP contribution is -2.22. The van der Waals surface area contributed by atoms with Crippen LogP contribution in [0.15, 0.2) is 30.5 Å². The largest absolute Gasteiger partial charge is 0.382 e. The molecule has 1 amide bonds. The summed E-state index contributed by atoms with van der Waals surface area (Å²) in [6, 6.07) is 7.14. The number of aliphatic hydroxyl groups excluding tert-OH is 1. The Morgan fingerprint density at radius 1 is 1.24 bits per heavy atom. The molecule has 0 unspecified atom stereocenters. The Morgan fingerprint density at radius 2 is 2.00 bits per heavy atom. The number of amides is 1. The molecule has 0 aliphatic heterocycles. The van der Waals surface area contributed by atoms with E-state index in [-0.39, 0.29) is 45.7 Å². The summed E-state index contributed by atoms with van der Waals surface area (Å²) in [7, 11) is 0.